The smallest absolute Gasteiger partial charge is 0.413 e. The summed E-state index contributed by atoms with van der Waals surface area (Å²) >= 11 is 0. The molecule has 0 saturated carbocycles. The van der Waals surface area contributed by atoms with Crippen molar-refractivity contribution >= 4 is 12.1 Å². The minimum atomic E-state index is -2.18. The number of hydrogen-bond acceptors (Lipinski definition) is 4. The van der Waals surface area contributed by atoms with Gasteiger partial charge in [0.2, 0.25) is 0 Å². The average molecular weight is 371 g/mol. The molecule has 2 aromatic rings. The summed E-state index contributed by atoms with van der Waals surface area (Å²) in [7, 11) is 0. The van der Waals surface area contributed by atoms with Crippen LogP contribution in [0.25, 0.3) is 0 Å². The number of rotatable bonds is 7. The van der Waals surface area contributed by atoms with Gasteiger partial charge in [0.1, 0.15) is 6.04 Å². The zero-order chi connectivity index (χ0) is 19.3. The van der Waals surface area contributed by atoms with E-state index in [9.17, 15) is 9.59 Å². The molecule has 5 nitrogen and oxygen atoms in total. The van der Waals surface area contributed by atoms with Gasteiger partial charge in [0.25, 0.3) is 5.85 Å². The van der Waals surface area contributed by atoms with Gasteiger partial charge in [-0.1, -0.05) is 60.7 Å². The molecular formula is C21H22FNO4. The van der Waals surface area contributed by atoms with Crippen LogP contribution in [0.4, 0.5) is 9.18 Å². The molecule has 1 saturated heterocycles. The highest BCUT2D eigenvalue weighted by Crippen LogP contribution is 2.31. The fourth-order valence-corrected chi connectivity index (χ4v) is 3.19. The van der Waals surface area contributed by atoms with Crippen molar-refractivity contribution in [2.24, 2.45) is 0 Å². The number of nitrogens with zero attached hydrogens (tertiary/aromatic N) is 1. The molecule has 0 aromatic heterocycles. The Morgan fingerprint density at radius 1 is 1.15 bits per heavy atom. The van der Waals surface area contributed by atoms with E-state index in [4.69, 9.17) is 9.47 Å². The van der Waals surface area contributed by atoms with Gasteiger partial charge in [-0.2, -0.15) is 4.39 Å². The molecule has 142 valence electrons. The van der Waals surface area contributed by atoms with Gasteiger partial charge in [-0.15, -0.1) is 0 Å². The summed E-state index contributed by atoms with van der Waals surface area (Å²) in [5, 5.41) is 0. The number of esters is 1. The van der Waals surface area contributed by atoms with E-state index in [1.165, 1.54) is 0 Å². The fourth-order valence-electron chi connectivity index (χ4n) is 3.19. The first-order valence-electron chi connectivity index (χ1n) is 8.94. The first kappa shape index (κ1) is 18.9. The maximum absolute atomic E-state index is 15.2. The van der Waals surface area contributed by atoms with E-state index < -0.39 is 24.0 Å². The summed E-state index contributed by atoms with van der Waals surface area (Å²) in [6, 6.07) is 17.3. The maximum atomic E-state index is 15.2. The minimum Gasteiger partial charge on any atom is -0.464 e. The lowest BCUT2D eigenvalue weighted by Gasteiger charge is -2.24. The van der Waals surface area contributed by atoms with Gasteiger partial charge in [0, 0.05) is 12.8 Å². The van der Waals surface area contributed by atoms with Gasteiger partial charge in [-0.3, -0.25) is 4.90 Å². The van der Waals surface area contributed by atoms with E-state index in [2.05, 4.69) is 0 Å². The Labute approximate surface area is 157 Å². The van der Waals surface area contributed by atoms with Crippen molar-refractivity contribution in [1.82, 2.24) is 4.90 Å². The third-order valence-corrected chi connectivity index (χ3v) is 4.43. The van der Waals surface area contributed by atoms with E-state index in [0.717, 1.165) is 10.5 Å². The van der Waals surface area contributed by atoms with Crippen LogP contribution in [0.5, 0.6) is 0 Å². The number of amides is 1. The molecule has 1 amide bonds. The summed E-state index contributed by atoms with van der Waals surface area (Å²) in [4.78, 5) is 26.0. The van der Waals surface area contributed by atoms with Crippen molar-refractivity contribution < 1.29 is 23.5 Å². The number of alkyl halides is 1. The van der Waals surface area contributed by atoms with Gasteiger partial charge >= 0.3 is 12.1 Å². The van der Waals surface area contributed by atoms with Crippen molar-refractivity contribution in [3.05, 3.63) is 71.8 Å². The molecule has 1 aliphatic heterocycles. The number of ether oxygens (including phenoxy) is 2. The molecule has 1 heterocycles. The summed E-state index contributed by atoms with van der Waals surface area (Å²) in [5.41, 5.74) is 1.56. The first-order chi connectivity index (χ1) is 13.0. The van der Waals surface area contributed by atoms with Gasteiger partial charge in [0.15, 0.2) is 0 Å². The van der Waals surface area contributed by atoms with Gasteiger partial charge in [-0.05, 0) is 18.1 Å². The number of hydrogen-bond donors (Lipinski definition) is 0. The predicted molar refractivity (Wildman–Crippen MR) is 97.7 cm³/mol. The SMILES string of the molecule is CCOC(=O)C(Cc1ccccc1)N1CC(F)(Cc2ccccc2)OC1=O. The third kappa shape index (κ3) is 4.64. The van der Waals surface area contributed by atoms with Crippen LogP contribution >= 0.6 is 0 Å². The Morgan fingerprint density at radius 2 is 1.74 bits per heavy atom. The van der Waals surface area contributed by atoms with Crippen molar-refractivity contribution in [2.45, 2.75) is 31.7 Å². The summed E-state index contributed by atoms with van der Waals surface area (Å²) in [5.74, 6) is -2.75. The number of carbonyl (C=O) groups excluding carboxylic acids is 2. The molecule has 0 bridgehead atoms. The summed E-state index contributed by atoms with van der Waals surface area (Å²) in [6.45, 7) is 1.55. The van der Waals surface area contributed by atoms with Crippen molar-refractivity contribution in [1.29, 1.82) is 0 Å². The molecule has 0 spiro atoms. The van der Waals surface area contributed by atoms with E-state index in [0.29, 0.717) is 5.56 Å². The van der Waals surface area contributed by atoms with Crippen LogP contribution in [-0.4, -0.2) is 42.0 Å². The van der Waals surface area contributed by atoms with Gasteiger partial charge in [-0.25, -0.2) is 9.59 Å². The van der Waals surface area contributed by atoms with Gasteiger partial charge < -0.3 is 9.47 Å². The number of cyclic esters (lactones) is 1. The quantitative estimate of drug-likeness (QED) is 0.699. The third-order valence-electron chi connectivity index (χ3n) is 4.43. The van der Waals surface area contributed by atoms with Crippen molar-refractivity contribution in [2.75, 3.05) is 13.2 Å². The standard InChI is InChI=1S/C21H22FNO4/c1-2-26-19(24)18(13-16-9-5-3-6-10-16)23-15-21(22,27-20(23)25)14-17-11-7-4-8-12-17/h3-12,18H,2,13-15H2,1H3. The first-order valence-corrected chi connectivity index (χ1v) is 8.94. The average Bonchev–Trinajstić information content (AvgIpc) is 2.95. The molecule has 1 aliphatic rings. The number of benzene rings is 2. The zero-order valence-electron chi connectivity index (χ0n) is 15.1. The second kappa shape index (κ2) is 8.20. The predicted octanol–water partition coefficient (Wildman–Crippen LogP) is 3.52. The fraction of sp³-hybridized carbons (Fsp3) is 0.333. The number of halogens is 1. The highest BCUT2D eigenvalue weighted by atomic mass is 19.2. The van der Waals surface area contributed by atoms with Gasteiger partial charge in [0.05, 0.1) is 13.2 Å². The van der Waals surface area contributed by atoms with Crippen LogP contribution < -0.4 is 0 Å². The van der Waals surface area contributed by atoms with E-state index >= 15 is 4.39 Å². The Balaban J connectivity index is 1.79. The van der Waals surface area contributed by atoms with E-state index in [-0.39, 0.29) is 26.0 Å². The molecule has 3 rings (SSSR count). The van der Waals surface area contributed by atoms with E-state index in [1.54, 1.807) is 31.2 Å². The van der Waals surface area contributed by atoms with Crippen molar-refractivity contribution in [3.63, 3.8) is 0 Å². The second-order valence-corrected chi connectivity index (χ2v) is 6.50. The Kier molecular flexibility index (Phi) is 5.74. The van der Waals surface area contributed by atoms with Crippen LogP contribution in [0, 0.1) is 0 Å². The lowest BCUT2D eigenvalue weighted by atomic mass is 10.0. The molecule has 0 N–H and O–H groups in total. The highest BCUT2D eigenvalue weighted by Gasteiger charge is 2.49. The molecule has 6 heteroatoms. The van der Waals surface area contributed by atoms with Crippen LogP contribution in [0.2, 0.25) is 0 Å². The van der Waals surface area contributed by atoms with E-state index in [1.807, 2.05) is 36.4 Å². The molecular weight excluding hydrogens is 349 g/mol. The highest BCUT2D eigenvalue weighted by molar-refractivity contribution is 5.83. The zero-order valence-corrected chi connectivity index (χ0v) is 15.1. The largest absolute Gasteiger partial charge is 0.464 e. The summed E-state index contributed by atoms with van der Waals surface area (Å²) < 4.78 is 25.3. The molecule has 27 heavy (non-hydrogen) atoms. The normalized spacial score (nSPS) is 20.2. The second-order valence-electron chi connectivity index (χ2n) is 6.50. The Morgan fingerprint density at radius 3 is 2.33 bits per heavy atom. The molecule has 1 fully saturated rings. The van der Waals surface area contributed by atoms with Crippen LogP contribution in [0.15, 0.2) is 60.7 Å². The molecule has 0 aliphatic carbocycles. The van der Waals surface area contributed by atoms with Crippen LogP contribution in [-0.2, 0) is 27.1 Å². The maximum Gasteiger partial charge on any atom is 0.413 e. The lowest BCUT2D eigenvalue weighted by Crippen LogP contribution is -2.45. The Bertz CT molecular complexity index is 783. The molecule has 2 unspecified atom stereocenters. The lowest BCUT2D eigenvalue weighted by molar-refractivity contribution is -0.148. The molecule has 2 atom stereocenters. The van der Waals surface area contributed by atoms with Crippen molar-refractivity contribution in [3.8, 4) is 0 Å². The topological polar surface area (TPSA) is 55.8 Å². The molecule has 2 aromatic carbocycles. The summed E-state index contributed by atoms with van der Waals surface area (Å²) in [6.07, 6.45) is -0.685. The monoisotopic (exact) mass is 371 g/mol. The van der Waals surface area contributed by atoms with Crippen LogP contribution in [0.3, 0.4) is 0 Å². The minimum absolute atomic E-state index is 0.0725. The molecule has 0 radical (unpaired) electrons. The van der Waals surface area contributed by atoms with Crippen LogP contribution in [0.1, 0.15) is 18.1 Å². The Hall–Kier alpha value is -2.89. The number of carbonyl (C=O) groups is 2.